The first kappa shape index (κ1) is 30.1. The third-order valence-electron chi connectivity index (χ3n) is 7.15. The van der Waals surface area contributed by atoms with Crippen LogP contribution >= 0.6 is 0 Å². The number of aromatic hydroxyl groups is 2. The predicted octanol–water partition coefficient (Wildman–Crippen LogP) is 0.221. The molecule has 222 valence electrons. The van der Waals surface area contributed by atoms with E-state index < -0.39 is 47.9 Å². The lowest BCUT2D eigenvalue weighted by atomic mass is 10.0. The lowest BCUT2D eigenvalue weighted by Crippen LogP contribution is -2.58. The number of nitrogens with one attached hydrogen (secondary N) is 3. The molecule has 1 fully saturated rings. The molecule has 4 atom stereocenters. The second-order valence-corrected chi connectivity index (χ2v) is 10.3. The van der Waals surface area contributed by atoms with E-state index in [4.69, 9.17) is 5.73 Å². The van der Waals surface area contributed by atoms with Gasteiger partial charge in [0.1, 0.15) is 29.6 Å². The van der Waals surface area contributed by atoms with Crippen molar-refractivity contribution < 1.29 is 34.5 Å². The molecule has 13 nitrogen and oxygen atoms in total. The molecule has 1 saturated heterocycles. The average molecular weight is 579 g/mol. The maximum absolute atomic E-state index is 13.7. The Morgan fingerprint density at radius 2 is 1.50 bits per heavy atom. The summed E-state index contributed by atoms with van der Waals surface area (Å²) in [4.78, 5) is 60.2. The van der Waals surface area contributed by atoms with Gasteiger partial charge in [-0.1, -0.05) is 24.3 Å². The zero-order valence-corrected chi connectivity index (χ0v) is 22.8. The highest BCUT2D eigenvalue weighted by Crippen LogP contribution is 2.20. The van der Waals surface area contributed by atoms with Crippen LogP contribution in [0, 0.1) is 0 Å². The van der Waals surface area contributed by atoms with Crippen molar-refractivity contribution in [3.63, 3.8) is 0 Å². The predicted molar refractivity (Wildman–Crippen MR) is 150 cm³/mol. The summed E-state index contributed by atoms with van der Waals surface area (Å²) in [6, 6.07) is 8.04. The maximum atomic E-state index is 13.7. The summed E-state index contributed by atoms with van der Waals surface area (Å²) in [5.74, 6) is -2.84. The van der Waals surface area contributed by atoms with Crippen molar-refractivity contribution in [2.75, 3.05) is 6.54 Å². The normalized spacial score (nSPS) is 16.8. The zero-order chi connectivity index (χ0) is 30.2. The number of rotatable bonds is 12. The molecule has 1 aliphatic heterocycles. The number of carbonyl (C=O) groups is 4. The number of imidazole rings is 1. The number of carbonyl (C=O) groups excluding carboxylic acids is 3. The van der Waals surface area contributed by atoms with Crippen molar-refractivity contribution in [1.82, 2.24) is 25.5 Å². The van der Waals surface area contributed by atoms with Crippen molar-refractivity contribution in [2.24, 2.45) is 5.73 Å². The first-order valence-electron chi connectivity index (χ1n) is 13.5. The van der Waals surface area contributed by atoms with E-state index in [9.17, 15) is 34.5 Å². The Morgan fingerprint density at radius 3 is 2.07 bits per heavy atom. The number of nitrogens with zero attached hydrogens (tertiary/aromatic N) is 2. The van der Waals surface area contributed by atoms with Crippen LogP contribution in [0.25, 0.3) is 0 Å². The largest absolute Gasteiger partial charge is 0.508 e. The minimum absolute atomic E-state index is 0.0215. The molecule has 4 unspecified atom stereocenters. The fraction of sp³-hybridized carbons (Fsp3) is 0.345. The van der Waals surface area contributed by atoms with Crippen molar-refractivity contribution in [1.29, 1.82) is 0 Å². The van der Waals surface area contributed by atoms with Gasteiger partial charge in [-0.25, -0.2) is 9.78 Å². The number of aromatic nitrogens is 2. The number of amides is 3. The number of hydrogen-bond acceptors (Lipinski definition) is 8. The number of carboxylic acids is 1. The van der Waals surface area contributed by atoms with Gasteiger partial charge in [0.2, 0.25) is 17.7 Å². The van der Waals surface area contributed by atoms with Gasteiger partial charge < -0.3 is 41.6 Å². The number of H-pyrrole nitrogens is 1. The van der Waals surface area contributed by atoms with Crippen LogP contribution in [0.2, 0.25) is 0 Å². The molecular formula is C29H34N6O7. The molecule has 1 aliphatic rings. The number of hydrogen-bond donors (Lipinski definition) is 7. The Bertz CT molecular complexity index is 1380. The van der Waals surface area contributed by atoms with E-state index in [-0.39, 0.29) is 37.3 Å². The van der Waals surface area contributed by atoms with Gasteiger partial charge in [0.15, 0.2) is 0 Å². The molecule has 42 heavy (non-hydrogen) atoms. The van der Waals surface area contributed by atoms with E-state index in [0.29, 0.717) is 29.7 Å². The molecule has 3 aromatic rings. The first-order valence-corrected chi connectivity index (χ1v) is 13.5. The number of aliphatic carboxylic acids is 1. The number of aromatic amines is 1. The van der Waals surface area contributed by atoms with Crippen LogP contribution in [0.5, 0.6) is 11.5 Å². The Kier molecular flexibility index (Phi) is 9.76. The summed E-state index contributed by atoms with van der Waals surface area (Å²) in [6.45, 7) is 0.241. The molecule has 4 rings (SSSR count). The number of benzene rings is 2. The summed E-state index contributed by atoms with van der Waals surface area (Å²) in [5.41, 5.74) is 8.03. The van der Waals surface area contributed by atoms with Crippen molar-refractivity contribution in [3.8, 4) is 11.5 Å². The molecule has 0 aliphatic carbocycles. The number of phenols is 2. The standard InChI is InChI=1S/C29H34N6O7/c30-22(12-17-3-7-20(36)8-4-17)26(38)33-23(13-18-5-9-21(37)10-6-18)27(39)34-24(14-19-15-31-16-32-19)28(40)35-11-1-2-25(35)29(41)42/h3-10,15-16,22-25,36-37H,1-2,11-14,30H2,(H,31,32)(H,33,38)(H,34,39)(H,41,42). The van der Waals surface area contributed by atoms with Crippen LogP contribution in [0.15, 0.2) is 61.1 Å². The first-order chi connectivity index (χ1) is 20.1. The summed E-state index contributed by atoms with van der Waals surface area (Å²) in [5, 5.41) is 34.2. The second-order valence-electron chi connectivity index (χ2n) is 10.3. The maximum Gasteiger partial charge on any atom is 0.326 e. The summed E-state index contributed by atoms with van der Waals surface area (Å²) < 4.78 is 0. The number of likely N-dealkylation sites (tertiary alicyclic amines) is 1. The van der Waals surface area contributed by atoms with Crippen LogP contribution in [0.3, 0.4) is 0 Å². The molecule has 2 heterocycles. The van der Waals surface area contributed by atoms with Crippen molar-refractivity contribution in [2.45, 2.75) is 56.3 Å². The molecular weight excluding hydrogens is 544 g/mol. The van der Waals surface area contributed by atoms with Gasteiger partial charge in [0, 0.05) is 31.3 Å². The lowest BCUT2D eigenvalue weighted by Gasteiger charge is -2.29. The molecule has 0 saturated carbocycles. The summed E-state index contributed by atoms with van der Waals surface area (Å²) in [6.07, 6.45) is 3.95. The van der Waals surface area contributed by atoms with E-state index in [2.05, 4.69) is 20.6 Å². The highest BCUT2D eigenvalue weighted by atomic mass is 16.4. The molecule has 0 bridgehead atoms. The van der Waals surface area contributed by atoms with Crippen LogP contribution in [-0.2, 0) is 38.4 Å². The lowest BCUT2D eigenvalue weighted by molar-refractivity contribution is -0.149. The van der Waals surface area contributed by atoms with Crippen molar-refractivity contribution in [3.05, 3.63) is 77.9 Å². The van der Waals surface area contributed by atoms with E-state index >= 15 is 0 Å². The number of phenolic OH excluding ortho intramolecular Hbond substituents is 2. The second kappa shape index (κ2) is 13.6. The van der Waals surface area contributed by atoms with Crippen molar-refractivity contribution >= 4 is 23.7 Å². The van der Waals surface area contributed by atoms with Crippen LogP contribution in [-0.4, -0.2) is 84.6 Å². The van der Waals surface area contributed by atoms with Gasteiger partial charge in [-0.05, 0) is 54.7 Å². The highest BCUT2D eigenvalue weighted by Gasteiger charge is 2.38. The van der Waals surface area contributed by atoms with Gasteiger partial charge in [-0.3, -0.25) is 14.4 Å². The monoisotopic (exact) mass is 578 g/mol. The molecule has 0 spiro atoms. The van der Waals surface area contributed by atoms with Gasteiger partial charge in [-0.15, -0.1) is 0 Å². The molecule has 1 aromatic heterocycles. The minimum Gasteiger partial charge on any atom is -0.508 e. The summed E-state index contributed by atoms with van der Waals surface area (Å²) >= 11 is 0. The fourth-order valence-electron chi connectivity index (χ4n) is 4.91. The quantitative estimate of drug-likeness (QED) is 0.156. The number of nitrogens with two attached hydrogens (primary N) is 1. The fourth-order valence-corrected chi connectivity index (χ4v) is 4.91. The highest BCUT2D eigenvalue weighted by molar-refractivity contribution is 5.94. The van der Waals surface area contributed by atoms with Crippen LogP contribution in [0.1, 0.15) is 29.7 Å². The zero-order valence-electron chi connectivity index (χ0n) is 22.8. The topological polar surface area (TPSA) is 211 Å². The van der Waals surface area contributed by atoms with Crippen LogP contribution in [0.4, 0.5) is 0 Å². The van der Waals surface area contributed by atoms with E-state index in [0.717, 1.165) is 0 Å². The Morgan fingerprint density at radius 1 is 0.905 bits per heavy atom. The molecule has 0 radical (unpaired) electrons. The Hall–Kier alpha value is -4.91. The smallest absolute Gasteiger partial charge is 0.326 e. The SMILES string of the molecule is NC(Cc1ccc(O)cc1)C(=O)NC(Cc1ccc(O)cc1)C(=O)NC(Cc1cnc[nH]1)C(=O)N1CCCC1C(=O)O. The third kappa shape index (κ3) is 7.85. The van der Waals surface area contributed by atoms with E-state index in [1.54, 1.807) is 24.3 Å². The molecule has 3 amide bonds. The van der Waals surface area contributed by atoms with Gasteiger partial charge >= 0.3 is 5.97 Å². The van der Waals surface area contributed by atoms with E-state index in [1.165, 1.54) is 41.7 Å². The van der Waals surface area contributed by atoms with E-state index in [1.807, 2.05) is 0 Å². The van der Waals surface area contributed by atoms with Gasteiger partial charge in [0.05, 0.1) is 12.4 Å². The van der Waals surface area contributed by atoms with Gasteiger partial charge in [0.25, 0.3) is 0 Å². The summed E-state index contributed by atoms with van der Waals surface area (Å²) in [7, 11) is 0. The van der Waals surface area contributed by atoms with Crippen LogP contribution < -0.4 is 16.4 Å². The number of carboxylic acid groups (broad SMARTS) is 1. The van der Waals surface area contributed by atoms with Gasteiger partial charge in [-0.2, -0.15) is 0 Å². The Labute approximate surface area is 241 Å². The average Bonchev–Trinajstić information content (AvgIpc) is 3.67. The molecule has 13 heteroatoms. The third-order valence-corrected chi connectivity index (χ3v) is 7.15. The molecule has 2 aromatic carbocycles. The minimum atomic E-state index is -1.15. The molecule has 8 N–H and O–H groups in total. The Balaban J connectivity index is 1.54.